The maximum atomic E-state index is 12.6. The number of nitrogens with two attached hydrogens (primary N) is 2. The van der Waals surface area contributed by atoms with Gasteiger partial charge in [0.25, 0.3) is 0 Å². The normalized spacial score (nSPS) is 23.9. The molecule has 1 aromatic heterocycles. The van der Waals surface area contributed by atoms with Crippen LogP contribution in [0.2, 0.25) is 6.32 Å². The topological polar surface area (TPSA) is 210 Å². The third kappa shape index (κ3) is 4.07. The van der Waals surface area contributed by atoms with Gasteiger partial charge in [0.2, 0.25) is 0 Å². The molecular weight excluding hydrogens is 369 g/mol. The monoisotopic (exact) mass is 391 g/mol. The number of aromatic nitrogens is 3. The molecule has 0 unspecified atom stereocenters. The van der Waals surface area contributed by atoms with Crippen molar-refractivity contribution in [2.45, 2.75) is 24.7 Å². The Labute approximate surface area is 150 Å². The molecule has 1 fully saturated rings. The van der Waals surface area contributed by atoms with Crippen LogP contribution in [0.5, 0.6) is 0 Å². The van der Waals surface area contributed by atoms with Gasteiger partial charge in [0.1, 0.15) is 5.54 Å². The van der Waals surface area contributed by atoms with Crippen LogP contribution in [0.1, 0.15) is 12.8 Å². The molecule has 0 saturated carbocycles. The van der Waals surface area contributed by atoms with E-state index in [-0.39, 0.29) is 37.3 Å². The van der Waals surface area contributed by atoms with E-state index in [1.165, 1.54) is 7.05 Å². The van der Waals surface area contributed by atoms with Crippen LogP contribution in [0.3, 0.4) is 0 Å². The summed E-state index contributed by atoms with van der Waals surface area (Å²) in [5.41, 5.74) is 9.75. The van der Waals surface area contributed by atoms with Crippen molar-refractivity contribution in [3.05, 3.63) is 0 Å². The number of nitrogens with zero attached hydrogens (tertiary/aromatic N) is 4. The summed E-state index contributed by atoms with van der Waals surface area (Å²) >= 11 is 0. The van der Waals surface area contributed by atoms with Crippen molar-refractivity contribution < 1.29 is 28.4 Å². The van der Waals surface area contributed by atoms with Crippen LogP contribution in [0.25, 0.3) is 0 Å². The lowest BCUT2D eigenvalue weighted by atomic mass is 9.78. The molecule has 26 heavy (non-hydrogen) atoms. The summed E-state index contributed by atoms with van der Waals surface area (Å²) in [6, 6.07) is 0. The third-order valence-corrected chi connectivity index (χ3v) is 5.83. The highest BCUT2D eigenvalue weighted by atomic mass is 32.2. The zero-order chi connectivity index (χ0) is 19.7. The molecule has 0 aliphatic carbocycles. The Balaban J connectivity index is 2.18. The highest BCUT2D eigenvalue weighted by Gasteiger charge is 2.52. The Morgan fingerprint density at radius 3 is 2.65 bits per heavy atom. The second-order valence-electron chi connectivity index (χ2n) is 6.30. The van der Waals surface area contributed by atoms with Crippen molar-refractivity contribution in [2.75, 3.05) is 23.5 Å². The first-order chi connectivity index (χ1) is 12.0. The largest absolute Gasteiger partial charge is 0.480 e. The van der Waals surface area contributed by atoms with Gasteiger partial charge in [0, 0.05) is 26.1 Å². The van der Waals surface area contributed by atoms with Gasteiger partial charge in [-0.2, -0.15) is 12.7 Å². The standard InChI is InChI=1S/C11H22BN7O6S/c1-18-9(8(13)15-17-18)16-26(24,25)19-5-7(3-2-4-12(22)23)11(14,6-19)10(20)21/h7,16,22-23H,2-6,13-14H2,1H3,(H,20,21)/t7-,11-/m0/s1. The van der Waals surface area contributed by atoms with Crippen molar-refractivity contribution in [2.24, 2.45) is 18.7 Å². The molecule has 2 atom stereocenters. The molecule has 0 aromatic carbocycles. The summed E-state index contributed by atoms with van der Waals surface area (Å²) in [5.74, 6) is -2.19. The molecule has 1 aliphatic rings. The smallest absolute Gasteiger partial charge is 0.451 e. The second-order valence-corrected chi connectivity index (χ2v) is 7.97. The summed E-state index contributed by atoms with van der Waals surface area (Å²) in [7, 11) is -4.22. The Kier molecular flexibility index (Phi) is 5.77. The molecule has 1 aliphatic heterocycles. The summed E-state index contributed by atoms with van der Waals surface area (Å²) < 4.78 is 29.5. The van der Waals surface area contributed by atoms with Gasteiger partial charge >= 0.3 is 23.3 Å². The summed E-state index contributed by atoms with van der Waals surface area (Å²) in [4.78, 5) is 11.6. The summed E-state index contributed by atoms with van der Waals surface area (Å²) in [6.45, 7) is -0.569. The molecule has 0 radical (unpaired) electrons. The molecule has 1 saturated heterocycles. The van der Waals surface area contributed by atoms with Gasteiger partial charge in [-0.25, -0.2) is 4.68 Å². The fourth-order valence-electron chi connectivity index (χ4n) is 2.89. The molecule has 0 amide bonds. The van der Waals surface area contributed by atoms with Gasteiger partial charge in [0.15, 0.2) is 11.6 Å². The summed E-state index contributed by atoms with van der Waals surface area (Å²) in [6.07, 6.45) is 0.546. The fourth-order valence-corrected chi connectivity index (χ4v) is 4.26. The van der Waals surface area contributed by atoms with Gasteiger partial charge in [-0.05, 0) is 12.7 Å². The quantitative estimate of drug-likeness (QED) is 0.248. The van der Waals surface area contributed by atoms with Gasteiger partial charge in [-0.3, -0.25) is 9.52 Å². The summed E-state index contributed by atoms with van der Waals surface area (Å²) in [5, 5.41) is 34.4. The molecule has 2 rings (SSSR count). The molecule has 1 aromatic rings. The minimum atomic E-state index is -4.15. The Bertz CT molecular complexity index is 752. The van der Waals surface area contributed by atoms with E-state index in [1.807, 2.05) is 0 Å². The van der Waals surface area contributed by atoms with Gasteiger partial charge < -0.3 is 26.6 Å². The lowest BCUT2D eigenvalue weighted by molar-refractivity contribution is -0.144. The van der Waals surface area contributed by atoms with Crippen LogP contribution >= 0.6 is 0 Å². The van der Waals surface area contributed by atoms with Crippen molar-refractivity contribution in [3.8, 4) is 0 Å². The number of aliphatic carboxylic acids is 1. The van der Waals surface area contributed by atoms with Crippen LogP contribution in [0.15, 0.2) is 0 Å². The number of hydrogen-bond donors (Lipinski definition) is 6. The maximum absolute atomic E-state index is 12.6. The SMILES string of the molecule is Cn1nnc(N)c1NS(=O)(=O)N1C[C@H](CCCB(O)O)[C@](N)(C(=O)O)C1. The predicted molar refractivity (Wildman–Crippen MR) is 91.8 cm³/mol. The maximum Gasteiger partial charge on any atom is 0.451 e. The van der Waals surface area contributed by atoms with Crippen molar-refractivity contribution in [3.63, 3.8) is 0 Å². The van der Waals surface area contributed by atoms with Crippen molar-refractivity contribution >= 4 is 34.9 Å². The van der Waals surface area contributed by atoms with Crippen LogP contribution in [0, 0.1) is 5.92 Å². The molecule has 2 heterocycles. The second kappa shape index (κ2) is 7.36. The zero-order valence-electron chi connectivity index (χ0n) is 14.1. The van der Waals surface area contributed by atoms with Crippen molar-refractivity contribution in [1.29, 1.82) is 0 Å². The highest BCUT2D eigenvalue weighted by molar-refractivity contribution is 7.90. The van der Waals surface area contributed by atoms with Gasteiger partial charge in [0.05, 0.1) is 0 Å². The highest BCUT2D eigenvalue weighted by Crippen LogP contribution is 2.32. The number of nitrogen functional groups attached to an aromatic ring is 1. The third-order valence-electron chi connectivity index (χ3n) is 4.42. The van der Waals surface area contributed by atoms with E-state index in [9.17, 15) is 18.3 Å². The van der Waals surface area contributed by atoms with Crippen LogP contribution in [0.4, 0.5) is 11.6 Å². The number of nitrogens with one attached hydrogen (secondary N) is 1. The predicted octanol–water partition coefficient (Wildman–Crippen LogP) is -2.98. The Morgan fingerprint density at radius 1 is 1.50 bits per heavy atom. The molecule has 0 bridgehead atoms. The number of carboxylic acids is 1. The van der Waals surface area contributed by atoms with E-state index < -0.39 is 41.3 Å². The molecule has 146 valence electrons. The first kappa shape index (κ1) is 20.4. The van der Waals surface area contributed by atoms with Crippen molar-refractivity contribution in [1.82, 2.24) is 19.3 Å². The Hall–Kier alpha value is -1.94. The van der Waals surface area contributed by atoms with Crippen LogP contribution in [-0.2, 0) is 22.1 Å². The lowest BCUT2D eigenvalue weighted by Crippen LogP contribution is -2.55. The molecule has 8 N–H and O–H groups in total. The average Bonchev–Trinajstić information content (AvgIpc) is 3.03. The van der Waals surface area contributed by atoms with E-state index >= 15 is 0 Å². The molecule has 0 spiro atoms. The average molecular weight is 391 g/mol. The number of carboxylic acid groups (broad SMARTS) is 1. The van der Waals surface area contributed by atoms with E-state index in [0.29, 0.717) is 0 Å². The Morgan fingerprint density at radius 2 is 2.15 bits per heavy atom. The van der Waals surface area contributed by atoms with Gasteiger partial charge in [-0.1, -0.05) is 11.6 Å². The number of anilines is 2. The first-order valence-electron chi connectivity index (χ1n) is 7.79. The molecule has 15 heteroatoms. The minimum absolute atomic E-state index is 0.0361. The minimum Gasteiger partial charge on any atom is -0.480 e. The fraction of sp³-hybridized carbons (Fsp3) is 0.727. The first-order valence-corrected chi connectivity index (χ1v) is 9.23. The zero-order valence-corrected chi connectivity index (χ0v) is 14.9. The molecule has 13 nitrogen and oxygen atoms in total. The number of aryl methyl sites for hydroxylation is 1. The van der Waals surface area contributed by atoms with Gasteiger partial charge in [-0.15, -0.1) is 5.10 Å². The number of rotatable bonds is 8. The van der Waals surface area contributed by atoms with E-state index in [4.69, 9.17) is 21.5 Å². The number of hydrogen-bond acceptors (Lipinski definition) is 9. The molecular formula is C11H22BN7O6S. The number of carbonyl (C=O) groups is 1. The van der Waals surface area contributed by atoms with Crippen LogP contribution in [-0.4, -0.2) is 74.6 Å². The van der Waals surface area contributed by atoms with Crippen LogP contribution < -0.4 is 16.2 Å². The van der Waals surface area contributed by atoms with E-state index in [2.05, 4.69) is 15.0 Å². The lowest BCUT2D eigenvalue weighted by Gasteiger charge is -2.25. The van der Waals surface area contributed by atoms with E-state index in [1.54, 1.807) is 0 Å². The van der Waals surface area contributed by atoms with E-state index in [0.717, 1.165) is 8.99 Å².